The van der Waals surface area contributed by atoms with E-state index in [0.717, 1.165) is 27.4 Å². The number of para-hydroxylation sites is 1. The molecule has 27 heavy (non-hydrogen) atoms. The van der Waals surface area contributed by atoms with Crippen molar-refractivity contribution in [3.05, 3.63) is 88.5 Å². The number of fused-ring (bicyclic) bond motifs is 1. The van der Waals surface area contributed by atoms with Crippen molar-refractivity contribution in [3.8, 4) is 0 Å². The first-order valence-corrected chi connectivity index (χ1v) is 10.8. The molecular weight excluding hydrogens is 383 g/mol. The maximum Gasteiger partial charge on any atom is 0.243 e. The van der Waals surface area contributed by atoms with E-state index in [2.05, 4.69) is 9.71 Å². The number of benzene rings is 2. The van der Waals surface area contributed by atoms with Crippen LogP contribution in [0.25, 0.3) is 10.9 Å². The highest BCUT2D eigenvalue weighted by Gasteiger charge is 2.24. The van der Waals surface area contributed by atoms with Gasteiger partial charge in [0.25, 0.3) is 0 Å². The number of rotatable bonds is 6. The molecule has 0 saturated heterocycles. The Morgan fingerprint density at radius 2 is 1.81 bits per heavy atom. The highest BCUT2D eigenvalue weighted by molar-refractivity contribution is 7.89. The van der Waals surface area contributed by atoms with E-state index in [0.29, 0.717) is 0 Å². The number of halogens is 1. The third-order valence-corrected chi connectivity index (χ3v) is 6.93. The Bertz CT molecular complexity index is 1170. The second-order valence-corrected chi connectivity index (χ2v) is 8.85. The molecule has 1 atom stereocenters. The van der Waals surface area contributed by atoms with Crippen LogP contribution in [-0.4, -0.2) is 19.9 Å². The monoisotopic (exact) mass is 400 g/mol. The van der Waals surface area contributed by atoms with Crippen molar-refractivity contribution in [1.82, 2.24) is 9.71 Å². The number of hydrogen-bond acceptors (Lipinski definition) is 3. The maximum absolute atomic E-state index is 13.9. The Morgan fingerprint density at radius 1 is 1.04 bits per heavy atom. The van der Waals surface area contributed by atoms with Crippen LogP contribution in [0.2, 0.25) is 0 Å². The minimum atomic E-state index is -3.95. The van der Waals surface area contributed by atoms with Crippen molar-refractivity contribution in [2.24, 2.45) is 0 Å². The lowest BCUT2D eigenvalue weighted by molar-refractivity contribution is 0.555. The van der Waals surface area contributed by atoms with Crippen molar-refractivity contribution < 1.29 is 12.8 Å². The van der Waals surface area contributed by atoms with Crippen molar-refractivity contribution in [1.29, 1.82) is 0 Å². The third kappa shape index (κ3) is 3.53. The number of aromatic amines is 1. The second kappa shape index (κ2) is 7.26. The summed E-state index contributed by atoms with van der Waals surface area (Å²) in [5, 5.41) is 3.00. The molecule has 0 aliphatic heterocycles. The van der Waals surface area contributed by atoms with Gasteiger partial charge in [-0.3, -0.25) is 0 Å². The molecule has 2 heterocycles. The third-order valence-electron chi connectivity index (χ3n) is 4.49. The summed E-state index contributed by atoms with van der Waals surface area (Å²) in [6, 6.07) is 17.2. The van der Waals surface area contributed by atoms with Gasteiger partial charge in [0.05, 0.1) is 0 Å². The molecular formula is C20H17FN2O2S2. The van der Waals surface area contributed by atoms with Crippen LogP contribution in [0.3, 0.4) is 0 Å². The minimum absolute atomic E-state index is 0.138. The number of thiophene rings is 1. The number of sulfonamides is 1. The standard InChI is InChI=1S/C20H17FN2O2S2/c21-17-7-2-4-10-20(17)27(24,25)23-13-16(19-9-5-11-26-19)15-12-22-18-8-3-1-6-14(15)18/h1-12,16,22-23H,13H2/t16-/m0/s1. The van der Waals surface area contributed by atoms with Crippen LogP contribution in [0, 0.1) is 5.82 Å². The van der Waals surface area contributed by atoms with Crippen molar-refractivity contribution in [2.75, 3.05) is 6.54 Å². The average Bonchev–Trinajstić information content (AvgIpc) is 3.33. The molecule has 0 aliphatic rings. The zero-order valence-electron chi connectivity index (χ0n) is 14.2. The van der Waals surface area contributed by atoms with Gasteiger partial charge in [-0.2, -0.15) is 0 Å². The van der Waals surface area contributed by atoms with Crippen LogP contribution in [0.15, 0.2) is 77.1 Å². The number of aromatic nitrogens is 1. The van der Waals surface area contributed by atoms with Gasteiger partial charge < -0.3 is 4.98 Å². The fourth-order valence-corrected chi connectivity index (χ4v) is 5.14. The van der Waals surface area contributed by atoms with E-state index >= 15 is 0 Å². The summed E-state index contributed by atoms with van der Waals surface area (Å²) in [4.78, 5) is 3.93. The topological polar surface area (TPSA) is 62.0 Å². The van der Waals surface area contributed by atoms with Gasteiger partial charge in [-0.25, -0.2) is 17.5 Å². The smallest absolute Gasteiger partial charge is 0.243 e. The summed E-state index contributed by atoms with van der Waals surface area (Å²) in [5.41, 5.74) is 2.00. The SMILES string of the molecule is O=S(=O)(NC[C@H](c1cccs1)c1c[nH]c2ccccc12)c1ccccc1F. The molecule has 2 N–H and O–H groups in total. The normalized spacial score (nSPS) is 13.1. The molecule has 0 unspecified atom stereocenters. The molecule has 4 nitrogen and oxygen atoms in total. The zero-order valence-corrected chi connectivity index (χ0v) is 15.9. The Labute approximate surface area is 160 Å². The molecule has 0 aliphatic carbocycles. The maximum atomic E-state index is 13.9. The molecule has 0 radical (unpaired) electrons. The lowest BCUT2D eigenvalue weighted by Gasteiger charge is -2.16. The minimum Gasteiger partial charge on any atom is -0.361 e. The quantitative estimate of drug-likeness (QED) is 0.501. The summed E-state index contributed by atoms with van der Waals surface area (Å²) in [6.07, 6.45) is 1.91. The summed E-state index contributed by atoms with van der Waals surface area (Å²) in [7, 11) is -3.95. The Hall–Kier alpha value is -2.48. The number of hydrogen-bond donors (Lipinski definition) is 2. The first kappa shape index (κ1) is 17.9. The lowest BCUT2D eigenvalue weighted by atomic mass is 9.97. The van der Waals surface area contributed by atoms with Gasteiger partial charge in [-0.15, -0.1) is 11.3 Å². The van der Waals surface area contributed by atoms with Crippen molar-refractivity contribution >= 4 is 32.3 Å². The molecule has 0 fully saturated rings. The second-order valence-electron chi connectivity index (χ2n) is 6.14. The van der Waals surface area contributed by atoms with E-state index in [1.807, 2.05) is 48.0 Å². The fourth-order valence-electron chi connectivity index (χ4n) is 3.17. The molecule has 2 aromatic carbocycles. The molecule has 0 spiro atoms. The van der Waals surface area contributed by atoms with Crippen molar-refractivity contribution in [2.45, 2.75) is 10.8 Å². The van der Waals surface area contributed by atoms with Gasteiger partial charge in [-0.05, 0) is 35.2 Å². The van der Waals surface area contributed by atoms with E-state index in [9.17, 15) is 12.8 Å². The van der Waals surface area contributed by atoms with E-state index in [-0.39, 0.29) is 17.4 Å². The van der Waals surface area contributed by atoms with Gasteiger partial charge in [0, 0.05) is 34.4 Å². The van der Waals surface area contributed by atoms with Gasteiger partial charge in [0.1, 0.15) is 10.7 Å². The zero-order chi connectivity index (χ0) is 18.9. The molecule has 4 aromatic rings. The molecule has 0 amide bonds. The Morgan fingerprint density at radius 3 is 2.59 bits per heavy atom. The Balaban J connectivity index is 1.68. The largest absolute Gasteiger partial charge is 0.361 e. The van der Waals surface area contributed by atoms with E-state index in [4.69, 9.17) is 0 Å². The molecule has 4 rings (SSSR count). The summed E-state index contributed by atoms with van der Waals surface area (Å²) in [5.74, 6) is -0.938. The van der Waals surface area contributed by atoms with Crippen LogP contribution < -0.4 is 4.72 Å². The summed E-state index contributed by atoms with van der Waals surface area (Å²) >= 11 is 1.56. The summed E-state index contributed by atoms with van der Waals surface area (Å²) in [6.45, 7) is 0.138. The number of nitrogens with one attached hydrogen (secondary N) is 2. The summed E-state index contributed by atoms with van der Waals surface area (Å²) < 4.78 is 41.7. The van der Waals surface area contributed by atoms with Gasteiger partial charge in [0.15, 0.2) is 0 Å². The van der Waals surface area contributed by atoms with Gasteiger partial charge in [-0.1, -0.05) is 36.4 Å². The molecule has 2 aromatic heterocycles. The van der Waals surface area contributed by atoms with Crippen LogP contribution in [0.5, 0.6) is 0 Å². The van der Waals surface area contributed by atoms with Crippen LogP contribution in [0.1, 0.15) is 16.4 Å². The number of H-pyrrole nitrogens is 1. The first-order valence-electron chi connectivity index (χ1n) is 8.40. The van der Waals surface area contributed by atoms with Crippen LogP contribution in [-0.2, 0) is 10.0 Å². The van der Waals surface area contributed by atoms with E-state index < -0.39 is 15.8 Å². The van der Waals surface area contributed by atoms with Gasteiger partial charge >= 0.3 is 0 Å². The predicted molar refractivity (Wildman–Crippen MR) is 106 cm³/mol. The van der Waals surface area contributed by atoms with Crippen LogP contribution in [0.4, 0.5) is 4.39 Å². The average molecular weight is 401 g/mol. The van der Waals surface area contributed by atoms with E-state index in [1.165, 1.54) is 18.2 Å². The molecule has 0 saturated carbocycles. The van der Waals surface area contributed by atoms with Crippen LogP contribution >= 0.6 is 11.3 Å². The molecule has 0 bridgehead atoms. The van der Waals surface area contributed by atoms with Crippen molar-refractivity contribution in [3.63, 3.8) is 0 Å². The fraction of sp³-hybridized carbons (Fsp3) is 0.100. The molecule has 138 valence electrons. The lowest BCUT2D eigenvalue weighted by Crippen LogP contribution is -2.29. The van der Waals surface area contributed by atoms with Gasteiger partial charge in [0.2, 0.25) is 10.0 Å². The highest BCUT2D eigenvalue weighted by Crippen LogP contribution is 2.33. The predicted octanol–water partition coefficient (Wildman–Crippen LogP) is 4.48. The van der Waals surface area contributed by atoms with E-state index in [1.54, 1.807) is 11.3 Å². The highest BCUT2D eigenvalue weighted by atomic mass is 32.2. The Kier molecular flexibility index (Phi) is 4.82. The first-order chi connectivity index (χ1) is 13.1. The molecule has 7 heteroatoms.